The fraction of sp³-hybridized carbons (Fsp3) is 0.167. The van der Waals surface area contributed by atoms with Crippen LogP contribution >= 0.6 is 11.6 Å². The van der Waals surface area contributed by atoms with Gasteiger partial charge in [-0.1, -0.05) is 17.7 Å². The number of ether oxygens (including phenoxy) is 1. The fourth-order valence-corrected chi connectivity index (χ4v) is 1.51. The van der Waals surface area contributed by atoms with Crippen LogP contribution in [0.2, 0.25) is 5.02 Å². The first kappa shape index (κ1) is 11.8. The van der Waals surface area contributed by atoms with Crippen molar-refractivity contribution in [3.63, 3.8) is 0 Å². The average molecular weight is 250 g/mol. The van der Waals surface area contributed by atoms with Crippen LogP contribution in [-0.4, -0.2) is 16.6 Å². The molecule has 0 amide bonds. The van der Waals surface area contributed by atoms with E-state index in [1.807, 2.05) is 12.1 Å². The molecule has 2 N–H and O–H groups in total. The van der Waals surface area contributed by atoms with Crippen LogP contribution in [0.15, 0.2) is 42.9 Å². The summed E-state index contributed by atoms with van der Waals surface area (Å²) in [4.78, 5) is 8.07. The Morgan fingerprint density at radius 3 is 2.94 bits per heavy atom. The SMILES string of the molecule is NC(COc1cccc(Cl)c1)c1cnccn1. The molecule has 1 unspecified atom stereocenters. The highest BCUT2D eigenvalue weighted by Gasteiger charge is 2.08. The van der Waals surface area contributed by atoms with Gasteiger partial charge in [0.15, 0.2) is 0 Å². The first-order valence-electron chi connectivity index (χ1n) is 5.15. The van der Waals surface area contributed by atoms with Crippen LogP contribution in [0.3, 0.4) is 0 Å². The van der Waals surface area contributed by atoms with Crippen molar-refractivity contribution in [2.75, 3.05) is 6.61 Å². The van der Waals surface area contributed by atoms with Gasteiger partial charge in [0.05, 0.1) is 17.9 Å². The van der Waals surface area contributed by atoms with E-state index in [0.29, 0.717) is 23.1 Å². The molecule has 0 bridgehead atoms. The van der Waals surface area contributed by atoms with Gasteiger partial charge in [0.25, 0.3) is 0 Å². The van der Waals surface area contributed by atoms with Crippen LogP contribution in [0.25, 0.3) is 0 Å². The minimum atomic E-state index is -0.303. The quantitative estimate of drug-likeness (QED) is 0.903. The van der Waals surface area contributed by atoms with Crippen molar-refractivity contribution in [2.24, 2.45) is 5.73 Å². The van der Waals surface area contributed by atoms with Crippen molar-refractivity contribution >= 4 is 11.6 Å². The van der Waals surface area contributed by atoms with Crippen LogP contribution in [0.1, 0.15) is 11.7 Å². The summed E-state index contributed by atoms with van der Waals surface area (Å²) in [6.45, 7) is 0.332. The van der Waals surface area contributed by atoms with Crippen LogP contribution in [0.5, 0.6) is 5.75 Å². The summed E-state index contributed by atoms with van der Waals surface area (Å²) in [7, 11) is 0. The number of benzene rings is 1. The molecule has 2 aromatic rings. The van der Waals surface area contributed by atoms with E-state index < -0.39 is 0 Å². The molecule has 88 valence electrons. The molecular formula is C12H12ClN3O. The first-order valence-corrected chi connectivity index (χ1v) is 5.53. The van der Waals surface area contributed by atoms with Gasteiger partial charge < -0.3 is 10.5 Å². The lowest BCUT2D eigenvalue weighted by Gasteiger charge is -2.12. The summed E-state index contributed by atoms with van der Waals surface area (Å²) >= 11 is 5.84. The number of hydrogen-bond acceptors (Lipinski definition) is 4. The smallest absolute Gasteiger partial charge is 0.120 e. The molecule has 0 fully saturated rings. The molecule has 1 heterocycles. The molecule has 0 spiro atoms. The number of rotatable bonds is 4. The van der Waals surface area contributed by atoms with Crippen LogP contribution in [0.4, 0.5) is 0 Å². The number of hydrogen-bond donors (Lipinski definition) is 1. The topological polar surface area (TPSA) is 61.0 Å². The van der Waals surface area contributed by atoms with E-state index in [1.165, 1.54) is 0 Å². The molecular weight excluding hydrogens is 238 g/mol. The summed E-state index contributed by atoms with van der Waals surface area (Å²) in [5, 5.41) is 0.635. The zero-order chi connectivity index (χ0) is 12.1. The Bertz CT molecular complexity index is 478. The summed E-state index contributed by atoms with van der Waals surface area (Å²) in [5.74, 6) is 0.692. The normalized spacial score (nSPS) is 12.1. The van der Waals surface area contributed by atoms with Gasteiger partial charge in [-0.15, -0.1) is 0 Å². The fourth-order valence-electron chi connectivity index (χ4n) is 1.33. The first-order chi connectivity index (χ1) is 8.25. The van der Waals surface area contributed by atoms with Crippen LogP contribution < -0.4 is 10.5 Å². The molecule has 5 heteroatoms. The van der Waals surface area contributed by atoms with Crippen molar-refractivity contribution in [1.29, 1.82) is 0 Å². The van der Waals surface area contributed by atoms with Crippen molar-refractivity contribution in [3.8, 4) is 5.75 Å². The van der Waals surface area contributed by atoms with Gasteiger partial charge in [-0.05, 0) is 18.2 Å². The monoisotopic (exact) mass is 249 g/mol. The molecule has 1 aromatic heterocycles. The van der Waals surface area contributed by atoms with E-state index in [4.69, 9.17) is 22.1 Å². The second-order valence-corrected chi connectivity index (χ2v) is 3.94. The Hall–Kier alpha value is -1.65. The Balaban J connectivity index is 1.95. The van der Waals surface area contributed by atoms with Gasteiger partial charge in [0.2, 0.25) is 0 Å². The predicted octanol–water partition coefficient (Wildman–Crippen LogP) is 2.21. The molecule has 2 rings (SSSR count). The third kappa shape index (κ3) is 3.41. The number of nitrogens with zero attached hydrogens (tertiary/aromatic N) is 2. The highest BCUT2D eigenvalue weighted by Crippen LogP contribution is 2.18. The van der Waals surface area contributed by atoms with Gasteiger partial charge in [-0.3, -0.25) is 9.97 Å². The Kier molecular flexibility index (Phi) is 3.90. The average Bonchev–Trinajstić information content (AvgIpc) is 2.37. The maximum absolute atomic E-state index is 5.92. The number of aromatic nitrogens is 2. The lowest BCUT2D eigenvalue weighted by Crippen LogP contribution is -2.20. The Labute approximate surface area is 104 Å². The lowest BCUT2D eigenvalue weighted by atomic mass is 10.2. The van der Waals surface area contributed by atoms with E-state index in [0.717, 1.165) is 0 Å². The second kappa shape index (κ2) is 5.61. The maximum atomic E-state index is 5.92. The van der Waals surface area contributed by atoms with Crippen molar-refractivity contribution in [2.45, 2.75) is 6.04 Å². The van der Waals surface area contributed by atoms with Crippen LogP contribution in [-0.2, 0) is 0 Å². The molecule has 17 heavy (non-hydrogen) atoms. The zero-order valence-electron chi connectivity index (χ0n) is 9.08. The van der Waals surface area contributed by atoms with Gasteiger partial charge >= 0.3 is 0 Å². The van der Waals surface area contributed by atoms with Crippen molar-refractivity contribution in [3.05, 3.63) is 53.6 Å². The van der Waals surface area contributed by atoms with Gasteiger partial charge in [-0.25, -0.2) is 0 Å². The summed E-state index contributed by atoms with van der Waals surface area (Å²) in [6.07, 6.45) is 4.84. The van der Waals surface area contributed by atoms with E-state index in [-0.39, 0.29) is 6.04 Å². The van der Waals surface area contributed by atoms with Crippen LogP contribution in [0, 0.1) is 0 Å². The molecule has 0 aliphatic carbocycles. The molecule has 0 aliphatic heterocycles. The molecule has 0 radical (unpaired) electrons. The van der Waals surface area contributed by atoms with E-state index >= 15 is 0 Å². The van der Waals surface area contributed by atoms with E-state index in [1.54, 1.807) is 30.7 Å². The molecule has 0 saturated carbocycles. The van der Waals surface area contributed by atoms with E-state index in [9.17, 15) is 0 Å². The molecule has 1 aromatic carbocycles. The third-order valence-electron chi connectivity index (χ3n) is 2.19. The second-order valence-electron chi connectivity index (χ2n) is 3.51. The minimum absolute atomic E-state index is 0.303. The molecule has 0 saturated heterocycles. The summed E-state index contributed by atoms with van der Waals surface area (Å²) in [5.41, 5.74) is 6.62. The van der Waals surface area contributed by atoms with Gasteiger partial charge in [-0.2, -0.15) is 0 Å². The van der Waals surface area contributed by atoms with Gasteiger partial charge in [0.1, 0.15) is 12.4 Å². The minimum Gasteiger partial charge on any atom is -0.492 e. The number of nitrogens with two attached hydrogens (primary N) is 1. The maximum Gasteiger partial charge on any atom is 0.120 e. The Morgan fingerprint density at radius 2 is 2.24 bits per heavy atom. The van der Waals surface area contributed by atoms with E-state index in [2.05, 4.69) is 9.97 Å². The summed E-state index contributed by atoms with van der Waals surface area (Å²) in [6, 6.07) is 6.88. The summed E-state index contributed by atoms with van der Waals surface area (Å²) < 4.78 is 5.53. The highest BCUT2D eigenvalue weighted by molar-refractivity contribution is 6.30. The van der Waals surface area contributed by atoms with Gasteiger partial charge in [0, 0.05) is 17.4 Å². The molecule has 1 atom stereocenters. The lowest BCUT2D eigenvalue weighted by molar-refractivity contribution is 0.288. The third-order valence-corrected chi connectivity index (χ3v) is 2.42. The van der Waals surface area contributed by atoms with Crippen molar-refractivity contribution < 1.29 is 4.74 Å². The largest absolute Gasteiger partial charge is 0.492 e. The highest BCUT2D eigenvalue weighted by atomic mass is 35.5. The predicted molar refractivity (Wildman–Crippen MR) is 65.9 cm³/mol. The number of halogens is 1. The van der Waals surface area contributed by atoms with Crippen molar-refractivity contribution in [1.82, 2.24) is 9.97 Å². The zero-order valence-corrected chi connectivity index (χ0v) is 9.84. The Morgan fingerprint density at radius 1 is 1.35 bits per heavy atom. The molecule has 4 nitrogen and oxygen atoms in total. The standard InChI is InChI=1S/C12H12ClN3O/c13-9-2-1-3-10(6-9)17-8-11(14)12-7-15-4-5-16-12/h1-7,11H,8,14H2. The molecule has 0 aliphatic rings.